The lowest BCUT2D eigenvalue weighted by Gasteiger charge is -2.29. The van der Waals surface area contributed by atoms with Crippen molar-refractivity contribution in [2.24, 2.45) is 0 Å². The minimum Gasteiger partial charge on any atom is -0.364 e. The number of aromatic amines is 1. The van der Waals surface area contributed by atoms with Crippen molar-refractivity contribution in [3.05, 3.63) is 62.8 Å². The molecule has 2 aliphatic rings. The fraction of sp³-hybridized carbons (Fsp3) is 0.500. The van der Waals surface area contributed by atoms with Crippen LogP contribution in [-0.4, -0.2) is 72.1 Å². The minimum atomic E-state index is -0.508. The van der Waals surface area contributed by atoms with E-state index in [0.717, 1.165) is 51.6 Å². The van der Waals surface area contributed by atoms with Crippen LogP contribution in [0.15, 0.2) is 44.8 Å². The first-order valence-corrected chi connectivity index (χ1v) is 15.4. The Kier molecular flexibility index (Phi) is 8.68. The number of piperidine rings is 1. The number of rotatable bonds is 10. The molecule has 0 spiro atoms. The highest BCUT2D eigenvalue weighted by Gasteiger charge is 2.26. The van der Waals surface area contributed by atoms with Gasteiger partial charge in [-0.05, 0) is 57.3 Å². The van der Waals surface area contributed by atoms with Crippen molar-refractivity contribution in [2.75, 3.05) is 36.4 Å². The highest BCUT2D eigenvalue weighted by Crippen LogP contribution is 2.27. The van der Waals surface area contributed by atoms with Gasteiger partial charge < -0.3 is 14.4 Å². The van der Waals surface area contributed by atoms with E-state index in [1.807, 2.05) is 6.92 Å². The van der Waals surface area contributed by atoms with Crippen molar-refractivity contribution in [3.63, 3.8) is 0 Å². The molecule has 2 amide bonds. The van der Waals surface area contributed by atoms with Crippen LogP contribution in [0, 0.1) is 0 Å². The van der Waals surface area contributed by atoms with Gasteiger partial charge in [0.25, 0.3) is 17.4 Å². The summed E-state index contributed by atoms with van der Waals surface area (Å²) in [7, 11) is 0. The number of amides is 2. The third kappa shape index (κ3) is 5.94. The van der Waals surface area contributed by atoms with Gasteiger partial charge in [0.05, 0.1) is 5.56 Å². The standard InChI is InChI=1S/C30H37N9O5/c1-2-13-38-25-24(28(42)39(30(38)43)21-8-4-5-9-21)32-29(33-25)34-26(40)20-10-11-23(31-19-20)37(27(41)22-12-18-44-35-22)17-16-36-14-6-3-7-15-36/h10-12,18-19,21H,2-9,13-17H2,1H3,(H2,32,33,34,40). The molecule has 0 unspecified atom stereocenters. The average molecular weight is 604 g/mol. The first-order valence-electron chi connectivity index (χ1n) is 15.4. The number of hydrogen-bond acceptors (Lipinski definition) is 9. The maximum absolute atomic E-state index is 13.4. The average Bonchev–Trinajstić information content (AvgIpc) is 3.83. The zero-order chi connectivity index (χ0) is 30.6. The van der Waals surface area contributed by atoms with Crippen LogP contribution in [-0.2, 0) is 6.54 Å². The quantitative estimate of drug-likeness (QED) is 0.277. The molecule has 2 fully saturated rings. The van der Waals surface area contributed by atoms with Gasteiger partial charge >= 0.3 is 5.69 Å². The van der Waals surface area contributed by atoms with Crippen LogP contribution in [0.2, 0.25) is 0 Å². The van der Waals surface area contributed by atoms with Crippen LogP contribution in [0.4, 0.5) is 11.8 Å². The topological polar surface area (TPSA) is 164 Å². The van der Waals surface area contributed by atoms with E-state index in [2.05, 4.69) is 30.3 Å². The van der Waals surface area contributed by atoms with E-state index in [1.54, 1.807) is 12.1 Å². The predicted octanol–water partition coefficient (Wildman–Crippen LogP) is 3.18. The highest BCUT2D eigenvalue weighted by atomic mass is 16.5. The summed E-state index contributed by atoms with van der Waals surface area (Å²) in [5.74, 6) is -0.411. The van der Waals surface area contributed by atoms with Gasteiger partial charge in [-0.3, -0.25) is 33.7 Å². The van der Waals surface area contributed by atoms with Crippen LogP contribution < -0.4 is 21.5 Å². The zero-order valence-electron chi connectivity index (χ0n) is 24.8. The number of carbonyl (C=O) groups is 2. The second-order valence-electron chi connectivity index (χ2n) is 11.4. The number of pyridine rings is 1. The summed E-state index contributed by atoms with van der Waals surface area (Å²) in [5, 5.41) is 6.49. The molecule has 1 saturated heterocycles. The Bertz CT molecular complexity index is 1730. The number of likely N-dealkylation sites (tertiary alicyclic amines) is 1. The first-order chi connectivity index (χ1) is 21.4. The maximum Gasteiger partial charge on any atom is 0.333 e. The lowest BCUT2D eigenvalue weighted by Crippen LogP contribution is -2.41. The number of nitrogens with zero attached hydrogens (tertiary/aromatic N) is 7. The second-order valence-corrected chi connectivity index (χ2v) is 11.4. The number of hydrogen-bond donors (Lipinski definition) is 2. The summed E-state index contributed by atoms with van der Waals surface area (Å²) >= 11 is 0. The van der Waals surface area contributed by atoms with E-state index in [-0.39, 0.29) is 46.0 Å². The van der Waals surface area contributed by atoms with Crippen LogP contribution in [0.5, 0.6) is 0 Å². The van der Waals surface area contributed by atoms with Crippen molar-refractivity contribution in [1.82, 2.24) is 34.1 Å². The predicted molar refractivity (Wildman–Crippen MR) is 163 cm³/mol. The molecule has 14 heteroatoms. The summed E-state index contributed by atoms with van der Waals surface area (Å²) in [4.78, 5) is 68.8. The number of carbonyl (C=O) groups excluding carboxylic acids is 2. The summed E-state index contributed by atoms with van der Waals surface area (Å²) in [6.45, 7) is 5.41. The maximum atomic E-state index is 13.4. The fourth-order valence-electron chi connectivity index (χ4n) is 6.17. The lowest BCUT2D eigenvalue weighted by atomic mass is 10.1. The monoisotopic (exact) mass is 603 g/mol. The van der Waals surface area contributed by atoms with E-state index in [0.29, 0.717) is 31.9 Å². The molecule has 44 heavy (non-hydrogen) atoms. The van der Waals surface area contributed by atoms with Gasteiger partial charge in [0, 0.05) is 37.9 Å². The van der Waals surface area contributed by atoms with E-state index < -0.39 is 11.5 Å². The number of imidazole rings is 1. The number of fused-ring (bicyclic) bond motifs is 1. The molecule has 1 aliphatic carbocycles. The Labute approximate surface area is 253 Å². The number of aryl methyl sites for hydroxylation is 1. The molecule has 232 valence electrons. The third-order valence-corrected chi connectivity index (χ3v) is 8.46. The summed E-state index contributed by atoms with van der Waals surface area (Å²) in [6.07, 6.45) is 10.4. The minimum absolute atomic E-state index is 0.0592. The van der Waals surface area contributed by atoms with Gasteiger partial charge in [0.1, 0.15) is 12.1 Å². The normalized spacial score (nSPS) is 16.0. The van der Waals surface area contributed by atoms with Crippen molar-refractivity contribution in [2.45, 2.75) is 70.9 Å². The van der Waals surface area contributed by atoms with Gasteiger partial charge in [-0.1, -0.05) is 31.3 Å². The Balaban J connectivity index is 1.23. The molecule has 0 radical (unpaired) electrons. The second kappa shape index (κ2) is 13.0. The zero-order valence-corrected chi connectivity index (χ0v) is 24.8. The van der Waals surface area contributed by atoms with E-state index in [1.165, 1.54) is 39.0 Å². The Morgan fingerprint density at radius 1 is 1.07 bits per heavy atom. The fourth-order valence-corrected chi connectivity index (χ4v) is 6.17. The number of anilines is 2. The Morgan fingerprint density at radius 2 is 1.86 bits per heavy atom. The van der Waals surface area contributed by atoms with Crippen molar-refractivity contribution < 1.29 is 14.1 Å². The van der Waals surface area contributed by atoms with Crippen LogP contribution in [0.1, 0.15) is 85.2 Å². The molecular weight excluding hydrogens is 566 g/mol. The molecule has 1 aliphatic heterocycles. The van der Waals surface area contributed by atoms with Gasteiger partial charge in [0.2, 0.25) is 5.95 Å². The number of H-pyrrole nitrogens is 1. The van der Waals surface area contributed by atoms with E-state index in [9.17, 15) is 19.2 Å². The van der Waals surface area contributed by atoms with E-state index in [4.69, 9.17) is 4.52 Å². The van der Waals surface area contributed by atoms with Gasteiger partial charge in [-0.25, -0.2) is 9.78 Å². The number of nitrogens with one attached hydrogen (secondary N) is 2. The largest absolute Gasteiger partial charge is 0.364 e. The molecule has 0 aromatic carbocycles. The smallest absolute Gasteiger partial charge is 0.333 e. The van der Waals surface area contributed by atoms with Crippen molar-refractivity contribution >= 4 is 34.7 Å². The summed E-state index contributed by atoms with van der Waals surface area (Å²) in [6, 6.07) is 4.56. The molecule has 2 N–H and O–H groups in total. The molecule has 6 rings (SSSR count). The SMILES string of the molecule is CCCn1c(=O)n(C2CCCC2)c(=O)c2[nH]c(NC(=O)c3ccc(N(CCN4CCCCC4)C(=O)c4ccon4)nc3)nc21. The van der Waals surface area contributed by atoms with Crippen molar-refractivity contribution in [1.29, 1.82) is 0 Å². The van der Waals surface area contributed by atoms with E-state index >= 15 is 0 Å². The molecular formula is C30H37N9O5. The third-order valence-electron chi connectivity index (χ3n) is 8.46. The Morgan fingerprint density at radius 3 is 2.55 bits per heavy atom. The first kappa shape index (κ1) is 29.5. The molecule has 4 aromatic heterocycles. The van der Waals surface area contributed by atoms with Crippen LogP contribution in [0.3, 0.4) is 0 Å². The molecule has 14 nitrogen and oxygen atoms in total. The number of aromatic nitrogens is 6. The Hall–Kier alpha value is -4.59. The van der Waals surface area contributed by atoms with Crippen LogP contribution in [0.25, 0.3) is 11.2 Å². The summed E-state index contributed by atoms with van der Waals surface area (Å²) < 4.78 is 7.73. The van der Waals surface area contributed by atoms with Gasteiger partial charge in [-0.2, -0.15) is 4.98 Å². The molecule has 1 saturated carbocycles. The molecule has 5 heterocycles. The van der Waals surface area contributed by atoms with Gasteiger partial charge in [-0.15, -0.1) is 0 Å². The summed E-state index contributed by atoms with van der Waals surface area (Å²) in [5.41, 5.74) is 0.00854. The van der Waals surface area contributed by atoms with Crippen molar-refractivity contribution in [3.8, 4) is 0 Å². The molecule has 4 aromatic rings. The van der Waals surface area contributed by atoms with Gasteiger partial charge in [0.15, 0.2) is 16.9 Å². The molecule has 0 atom stereocenters. The van der Waals surface area contributed by atoms with Crippen LogP contribution >= 0.6 is 0 Å². The lowest BCUT2D eigenvalue weighted by molar-refractivity contribution is 0.0972. The molecule has 0 bridgehead atoms. The highest BCUT2D eigenvalue weighted by molar-refractivity contribution is 6.05.